The van der Waals surface area contributed by atoms with Gasteiger partial charge in [0.2, 0.25) is 11.8 Å². The van der Waals surface area contributed by atoms with Gasteiger partial charge in [0.05, 0.1) is 0 Å². The van der Waals surface area contributed by atoms with Gasteiger partial charge in [-0.2, -0.15) is 0 Å². The fraction of sp³-hybridized carbons (Fsp3) is 0.375. The minimum Gasteiger partial charge on any atom is -0.274 e. The first-order valence-electron chi connectivity index (χ1n) is 6.88. The van der Waals surface area contributed by atoms with E-state index in [2.05, 4.69) is 6.92 Å². The van der Waals surface area contributed by atoms with E-state index in [4.69, 9.17) is 0 Å². The van der Waals surface area contributed by atoms with Gasteiger partial charge in [-0.1, -0.05) is 38.0 Å². The normalized spacial score (nSPS) is 16.6. The molecule has 0 N–H and O–H groups in total. The molecule has 20 heavy (non-hydrogen) atoms. The zero-order valence-corrected chi connectivity index (χ0v) is 11.4. The smallest absolute Gasteiger partial charge is 0.267 e. The van der Waals surface area contributed by atoms with Crippen molar-refractivity contribution in [3.05, 3.63) is 42.8 Å². The fourth-order valence-electron chi connectivity index (χ4n) is 2.46. The van der Waals surface area contributed by atoms with Crippen LogP contribution in [0.25, 0.3) is 0 Å². The first-order chi connectivity index (χ1) is 9.63. The predicted octanol–water partition coefficient (Wildman–Crippen LogP) is 2.60. The number of nitrogens with zero attached hydrogens (tertiary/aromatic N) is 1. The highest BCUT2D eigenvalue weighted by Gasteiger charge is 2.36. The highest BCUT2D eigenvalue weighted by Crippen LogP contribution is 2.25. The molecule has 0 atom stereocenters. The van der Waals surface area contributed by atoms with E-state index in [9.17, 15) is 14.4 Å². The van der Waals surface area contributed by atoms with Gasteiger partial charge in [-0.3, -0.25) is 14.4 Å². The van der Waals surface area contributed by atoms with Crippen molar-refractivity contribution in [1.29, 1.82) is 0 Å². The van der Waals surface area contributed by atoms with Crippen LogP contribution in [0.2, 0.25) is 0 Å². The van der Waals surface area contributed by atoms with Gasteiger partial charge >= 0.3 is 0 Å². The van der Waals surface area contributed by atoms with Crippen LogP contribution < -0.4 is 0 Å². The van der Waals surface area contributed by atoms with E-state index in [1.165, 1.54) is 0 Å². The standard InChI is InChI=1S/C16H18NO3/c1-2-3-7-12-10-14(18)17(15(19)11-12)16(20)13-8-5-4-6-9-13/h4-6,8-9,12H,1-3,7,10-11H2. The number of piperidine rings is 1. The van der Waals surface area contributed by atoms with Gasteiger partial charge in [0.1, 0.15) is 0 Å². The quantitative estimate of drug-likeness (QED) is 0.792. The molecule has 3 amide bonds. The molecular weight excluding hydrogens is 254 g/mol. The zero-order chi connectivity index (χ0) is 14.5. The molecule has 4 nitrogen and oxygen atoms in total. The molecule has 0 saturated carbocycles. The Morgan fingerprint density at radius 1 is 1.15 bits per heavy atom. The summed E-state index contributed by atoms with van der Waals surface area (Å²) in [6, 6.07) is 8.42. The van der Waals surface area contributed by atoms with E-state index in [-0.39, 0.29) is 30.6 Å². The maximum atomic E-state index is 12.2. The van der Waals surface area contributed by atoms with Gasteiger partial charge < -0.3 is 0 Å². The summed E-state index contributed by atoms with van der Waals surface area (Å²) >= 11 is 0. The fourth-order valence-corrected chi connectivity index (χ4v) is 2.46. The summed E-state index contributed by atoms with van der Waals surface area (Å²) in [6.07, 6.45) is 3.05. The van der Waals surface area contributed by atoms with Crippen molar-refractivity contribution in [3.8, 4) is 0 Å². The number of imide groups is 3. The number of amides is 3. The van der Waals surface area contributed by atoms with Gasteiger partial charge in [-0.05, 0) is 24.5 Å². The first-order valence-corrected chi connectivity index (χ1v) is 6.88. The third-order valence-corrected chi connectivity index (χ3v) is 3.51. The van der Waals surface area contributed by atoms with E-state index in [1.807, 2.05) is 0 Å². The van der Waals surface area contributed by atoms with Crippen LogP contribution in [0.15, 0.2) is 30.3 Å². The molecule has 105 valence electrons. The van der Waals surface area contributed by atoms with Gasteiger partial charge in [-0.25, -0.2) is 4.90 Å². The molecule has 0 spiro atoms. The lowest BCUT2D eigenvalue weighted by Crippen LogP contribution is -2.46. The largest absolute Gasteiger partial charge is 0.274 e. The van der Waals surface area contributed by atoms with Crippen molar-refractivity contribution in [2.45, 2.75) is 32.1 Å². The average molecular weight is 272 g/mol. The second-order valence-electron chi connectivity index (χ2n) is 5.06. The molecule has 0 bridgehead atoms. The summed E-state index contributed by atoms with van der Waals surface area (Å²) < 4.78 is 0. The number of benzene rings is 1. The Balaban J connectivity index is 2.09. The molecule has 0 unspecified atom stereocenters. The number of hydrogen-bond donors (Lipinski definition) is 0. The van der Waals surface area contributed by atoms with Crippen molar-refractivity contribution in [2.24, 2.45) is 5.92 Å². The van der Waals surface area contributed by atoms with Crippen LogP contribution in [-0.2, 0) is 9.59 Å². The van der Waals surface area contributed by atoms with E-state index in [0.717, 1.165) is 24.2 Å². The SMILES string of the molecule is [CH2]CCCC1CC(=O)N(C(=O)c2ccccc2)C(=O)C1. The molecule has 1 heterocycles. The third-order valence-electron chi connectivity index (χ3n) is 3.51. The van der Waals surface area contributed by atoms with Crippen LogP contribution in [0.1, 0.15) is 42.5 Å². The number of unbranched alkanes of at least 4 members (excludes halogenated alkanes) is 1. The lowest BCUT2D eigenvalue weighted by Gasteiger charge is -2.28. The second kappa shape index (κ2) is 6.46. The highest BCUT2D eigenvalue weighted by molar-refractivity contribution is 6.17. The number of rotatable bonds is 4. The van der Waals surface area contributed by atoms with Crippen molar-refractivity contribution in [1.82, 2.24) is 4.90 Å². The van der Waals surface area contributed by atoms with Crippen LogP contribution >= 0.6 is 0 Å². The van der Waals surface area contributed by atoms with Crippen LogP contribution in [0.5, 0.6) is 0 Å². The van der Waals surface area contributed by atoms with E-state index >= 15 is 0 Å². The number of likely N-dealkylation sites (tertiary alicyclic amines) is 1. The minimum atomic E-state index is -0.517. The maximum Gasteiger partial charge on any atom is 0.267 e. The Labute approximate surface area is 118 Å². The van der Waals surface area contributed by atoms with Crippen molar-refractivity contribution in [3.63, 3.8) is 0 Å². The average Bonchev–Trinajstić information content (AvgIpc) is 2.45. The van der Waals surface area contributed by atoms with Gasteiger partial charge in [0, 0.05) is 18.4 Å². The topological polar surface area (TPSA) is 54.5 Å². The Morgan fingerprint density at radius 2 is 1.75 bits per heavy atom. The minimum absolute atomic E-state index is 0.0524. The first kappa shape index (κ1) is 14.4. The number of carbonyl (C=O) groups excluding carboxylic acids is 3. The Kier molecular flexibility index (Phi) is 4.66. The molecule has 1 radical (unpaired) electrons. The maximum absolute atomic E-state index is 12.2. The molecule has 2 rings (SSSR count). The Hall–Kier alpha value is -1.97. The molecule has 1 aliphatic heterocycles. The highest BCUT2D eigenvalue weighted by atomic mass is 16.2. The van der Waals surface area contributed by atoms with Crippen LogP contribution in [0.3, 0.4) is 0 Å². The molecule has 1 fully saturated rings. The van der Waals surface area contributed by atoms with Crippen LogP contribution in [0, 0.1) is 12.8 Å². The summed E-state index contributed by atoms with van der Waals surface area (Å²) in [4.78, 5) is 37.1. The van der Waals surface area contributed by atoms with Gasteiger partial charge in [0.15, 0.2) is 0 Å². The monoisotopic (exact) mass is 272 g/mol. The summed E-state index contributed by atoms with van der Waals surface area (Å²) in [5.74, 6) is -1.24. The van der Waals surface area contributed by atoms with Gasteiger partial charge in [-0.15, -0.1) is 0 Å². The van der Waals surface area contributed by atoms with Crippen molar-refractivity contribution >= 4 is 17.7 Å². The summed E-state index contributed by atoms with van der Waals surface area (Å²) in [5.41, 5.74) is 0.366. The van der Waals surface area contributed by atoms with Crippen molar-refractivity contribution < 1.29 is 14.4 Å². The Bertz CT molecular complexity index is 492. The molecule has 1 aliphatic rings. The summed E-state index contributed by atoms with van der Waals surface area (Å²) in [7, 11) is 0. The second-order valence-corrected chi connectivity index (χ2v) is 5.06. The molecule has 1 aromatic rings. The lowest BCUT2D eigenvalue weighted by atomic mass is 9.90. The van der Waals surface area contributed by atoms with Gasteiger partial charge in [0.25, 0.3) is 5.91 Å². The Morgan fingerprint density at radius 3 is 2.30 bits per heavy atom. The summed E-state index contributed by atoms with van der Waals surface area (Å²) in [5, 5.41) is 0. The number of hydrogen-bond acceptors (Lipinski definition) is 3. The van der Waals surface area contributed by atoms with Crippen LogP contribution in [0.4, 0.5) is 0 Å². The van der Waals surface area contributed by atoms with E-state index in [1.54, 1.807) is 30.3 Å². The van der Waals surface area contributed by atoms with E-state index in [0.29, 0.717) is 5.56 Å². The molecule has 1 saturated heterocycles. The predicted molar refractivity (Wildman–Crippen MR) is 74.6 cm³/mol. The molecular formula is C16H18NO3. The van der Waals surface area contributed by atoms with E-state index < -0.39 is 5.91 Å². The third kappa shape index (κ3) is 3.13. The molecule has 0 aliphatic carbocycles. The van der Waals surface area contributed by atoms with Crippen LogP contribution in [-0.4, -0.2) is 22.6 Å². The molecule has 1 aromatic carbocycles. The molecule has 0 aromatic heterocycles. The molecule has 4 heteroatoms. The summed E-state index contributed by atoms with van der Waals surface area (Å²) in [6.45, 7) is 3.76. The number of carbonyl (C=O) groups is 3. The lowest BCUT2D eigenvalue weighted by molar-refractivity contribution is -0.146. The van der Waals surface area contributed by atoms with Crippen molar-refractivity contribution in [2.75, 3.05) is 0 Å². The zero-order valence-electron chi connectivity index (χ0n) is 11.4.